The van der Waals surface area contributed by atoms with Crippen LogP contribution in [0.15, 0.2) is 97.1 Å². The van der Waals surface area contributed by atoms with Gasteiger partial charge in [0.2, 0.25) is 5.91 Å². The Morgan fingerprint density at radius 3 is 2.20 bits per heavy atom. The molecule has 8 nitrogen and oxygen atoms in total. The first-order chi connectivity index (χ1) is 20.0. The van der Waals surface area contributed by atoms with Gasteiger partial charge in [-0.1, -0.05) is 60.7 Å². The van der Waals surface area contributed by atoms with Gasteiger partial charge in [0.15, 0.2) is 5.82 Å². The molecule has 2 heterocycles. The van der Waals surface area contributed by atoms with E-state index < -0.39 is 0 Å². The van der Waals surface area contributed by atoms with Gasteiger partial charge in [0.25, 0.3) is 5.91 Å². The standard InChI is InChI=1S/C33H35N5O3/c1-25(26-10-5-3-6-11-26)38(33(40)28-14-16-29(41-2)17-15-28)24-32(39)37-21-9-20-36(22-23-37)31-19-18-30(34-35-31)27-12-7-4-8-13-27/h3-8,10-19,25H,9,20-24H2,1-2H3/t25-/m1/s1. The summed E-state index contributed by atoms with van der Waals surface area (Å²) in [6.07, 6.45) is 0.800. The lowest BCUT2D eigenvalue weighted by Gasteiger charge is -2.32. The smallest absolute Gasteiger partial charge is 0.254 e. The van der Waals surface area contributed by atoms with Crippen LogP contribution in [0.3, 0.4) is 0 Å². The highest BCUT2D eigenvalue weighted by molar-refractivity contribution is 5.97. The fourth-order valence-electron chi connectivity index (χ4n) is 5.09. The van der Waals surface area contributed by atoms with Gasteiger partial charge in [0.1, 0.15) is 12.3 Å². The molecule has 1 aliphatic rings. The van der Waals surface area contributed by atoms with Gasteiger partial charge in [0, 0.05) is 37.3 Å². The molecule has 0 unspecified atom stereocenters. The number of amides is 2. The molecule has 0 aliphatic carbocycles. The lowest BCUT2D eigenvalue weighted by Crippen LogP contribution is -2.45. The van der Waals surface area contributed by atoms with Crippen LogP contribution < -0.4 is 9.64 Å². The zero-order valence-electron chi connectivity index (χ0n) is 23.5. The second-order valence-corrected chi connectivity index (χ2v) is 10.1. The van der Waals surface area contributed by atoms with E-state index in [1.54, 1.807) is 36.3 Å². The monoisotopic (exact) mass is 549 g/mol. The molecule has 0 spiro atoms. The van der Waals surface area contributed by atoms with E-state index in [1.165, 1.54) is 0 Å². The quantitative estimate of drug-likeness (QED) is 0.305. The molecule has 1 atom stereocenters. The third-order valence-corrected chi connectivity index (χ3v) is 7.55. The minimum atomic E-state index is -0.281. The van der Waals surface area contributed by atoms with Crippen molar-refractivity contribution in [1.29, 1.82) is 0 Å². The summed E-state index contributed by atoms with van der Waals surface area (Å²) in [5.74, 6) is 1.21. The van der Waals surface area contributed by atoms with Crippen LogP contribution in [0, 0.1) is 0 Å². The number of nitrogens with zero attached hydrogens (tertiary/aromatic N) is 5. The van der Waals surface area contributed by atoms with Gasteiger partial charge >= 0.3 is 0 Å². The number of carbonyl (C=O) groups excluding carboxylic acids is 2. The van der Waals surface area contributed by atoms with Crippen molar-refractivity contribution in [2.45, 2.75) is 19.4 Å². The first-order valence-corrected chi connectivity index (χ1v) is 14.0. The van der Waals surface area contributed by atoms with E-state index in [0.29, 0.717) is 30.9 Å². The number of rotatable bonds is 8. The third kappa shape index (κ3) is 6.72. The van der Waals surface area contributed by atoms with Crippen LogP contribution in [-0.2, 0) is 4.79 Å². The van der Waals surface area contributed by atoms with Crippen LogP contribution >= 0.6 is 0 Å². The Kier molecular flexibility index (Phi) is 8.89. The fourth-order valence-corrected chi connectivity index (χ4v) is 5.09. The van der Waals surface area contributed by atoms with Crippen LogP contribution in [0.4, 0.5) is 5.82 Å². The summed E-state index contributed by atoms with van der Waals surface area (Å²) in [4.78, 5) is 33.0. The van der Waals surface area contributed by atoms with Crippen molar-refractivity contribution in [2.24, 2.45) is 0 Å². The number of anilines is 1. The highest BCUT2D eigenvalue weighted by Crippen LogP contribution is 2.24. The Balaban J connectivity index is 1.27. The average Bonchev–Trinajstić information content (AvgIpc) is 3.30. The van der Waals surface area contributed by atoms with Crippen LogP contribution in [0.25, 0.3) is 11.3 Å². The predicted molar refractivity (Wildman–Crippen MR) is 160 cm³/mol. The predicted octanol–water partition coefficient (Wildman–Crippen LogP) is 5.09. The second kappa shape index (κ2) is 13.1. The van der Waals surface area contributed by atoms with Crippen molar-refractivity contribution in [3.8, 4) is 17.0 Å². The highest BCUT2D eigenvalue weighted by atomic mass is 16.5. The maximum absolute atomic E-state index is 13.7. The Bertz CT molecular complexity index is 1430. The Morgan fingerprint density at radius 2 is 1.54 bits per heavy atom. The van der Waals surface area contributed by atoms with Crippen LogP contribution in [-0.4, -0.2) is 71.6 Å². The molecule has 0 N–H and O–H groups in total. The number of ether oxygens (including phenoxy) is 1. The van der Waals surface area contributed by atoms with E-state index >= 15 is 0 Å². The Labute approximate surface area is 241 Å². The van der Waals surface area contributed by atoms with Gasteiger partial charge in [0.05, 0.1) is 18.8 Å². The fraction of sp³-hybridized carbons (Fsp3) is 0.273. The summed E-state index contributed by atoms with van der Waals surface area (Å²) in [6.45, 7) is 4.54. The average molecular weight is 550 g/mol. The van der Waals surface area contributed by atoms with E-state index in [9.17, 15) is 9.59 Å². The summed E-state index contributed by atoms with van der Waals surface area (Å²) >= 11 is 0. The molecule has 0 saturated carbocycles. The Hall–Kier alpha value is -4.72. The van der Waals surface area contributed by atoms with Crippen molar-refractivity contribution in [3.63, 3.8) is 0 Å². The Morgan fingerprint density at radius 1 is 0.829 bits per heavy atom. The number of aromatic nitrogens is 2. The zero-order chi connectivity index (χ0) is 28.6. The normalized spacial score (nSPS) is 14.2. The van der Waals surface area contributed by atoms with Crippen molar-refractivity contribution < 1.29 is 14.3 Å². The summed E-state index contributed by atoms with van der Waals surface area (Å²) in [7, 11) is 1.59. The lowest BCUT2D eigenvalue weighted by atomic mass is 10.1. The minimum absolute atomic E-state index is 0.00744. The van der Waals surface area contributed by atoms with Crippen molar-refractivity contribution in [2.75, 3.05) is 44.7 Å². The van der Waals surface area contributed by atoms with E-state index in [2.05, 4.69) is 15.1 Å². The molecule has 1 saturated heterocycles. The molecule has 5 rings (SSSR count). The van der Waals surface area contributed by atoms with Gasteiger partial charge in [-0.2, -0.15) is 0 Å². The van der Waals surface area contributed by atoms with E-state index in [-0.39, 0.29) is 24.4 Å². The highest BCUT2D eigenvalue weighted by Gasteiger charge is 2.28. The van der Waals surface area contributed by atoms with E-state index in [1.807, 2.05) is 84.6 Å². The molecule has 3 aromatic carbocycles. The number of carbonyl (C=O) groups is 2. The van der Waals surface area contributed by atoms with E-state index in [0.717, 1.165) is 35.6 Å². The van der Waals surface area contributed by atoms with Gasteiger partial charge in [-0.15, -0.1) is 10.2 Å². The van der Waals surface area contributed by atoms with Gasteiger partial charge in [-0.3, -0.25) is 9.59 Å². The molecule has 0 radical (unpaired) electrons. The largest absolute Gasteiger partial charge is 0.497 e. The summed E-state index contributed by atoms with van der Waals surface area (Å²) < 4.78 is 5.25. The molecule has 1 aromatic heterocycles. The first kappa shape index (κ1) is 27.8. The van der Waals surface area contributed by atoms with Crippen molar-refractivity contribution >= 4 is 17.6 Å². The second-order valence-electron chi connectivity index (χ2n) is 10.1. The van der Waals surface area contributed by atoms with Crippen LogP contribution in [0.1, 0.15) is 35.3 Å². The summed E-state index contributed by atoms with van der Waals surface area (Å²) in [5.41, 5.74) is 3.34. The van der Waals surface area contributed by atoms with Crippen LogP contribution in [0.2, 0.25) is 0 Å². The first-order valence-electron chi connectivity index (χ1n) is 14.0. The van der Waals surface area contributed by atoms with E-state index in [4.69, 9.17) is 4.74 Å². The molecule has 2 amide bonds. The van der Waals surface area contributed by atoms with Crippen LogP contribution in [0.5, 0.6) is 5.75 Å². The lowest BCUT2D eigenvalue weighted by molar-refractivity contribution is -0.132. The minimum Gasteiger partial charge on any atom is -0.497 e. The zero-order valence-corrected chi connectivity index (χ0v) is 23.5. The van der Waals surface area contributed by atoms with Gasteiger partial charge in [-0.05, 0) is 55.3 Å². The summed E-state index contributed by atoms with van der Waals surface area (Å²) in [6, 6.07) is 30.5. The molecule has 4 aromatic rings. The molecule has 41 heavy (non-hydrogen) atoms. The topological polar surface area (TPSA) is 78.9 Å². The molecule has 210 valence electrons. The van der Waals surface area contributed by atoms with Gasteiger partial charge in [-0.25, -0.2) is 0 Å². The number of benzene rings is 3. The molecule has 1 fully saturated rings. The number of hydrogen-bond acceptors (Lipinski definition) is 6. The molecule has 1 aliphatic heterocycles. The summed E-state index contributed by atoms with van der Waals surface area (Å²) in [5, 5.41) is 8.91. The maximum atomic E-state index is 13.7. The third-order valence-electron chi connectivity index (χ3n) is 7.55. The molecule has 8 heteroatoms. The number of methoxy groups -OCH3 is 1. The SMILES string of the molecule is COc1ccc(C(=O)N(CC(=O)N2CCCN(c3ccc(-c4ccccc4)nn3)CC2)[C@H](C)c2ccccc2)cc1. The van der Waals surface area contributed by atoms with Gasteiger partial charge < -0.3 is 19.4 Å². The molecular formula is C33H35N5O3. The van der Waals surface area contributed by atoms with Crippen molar-refractivity contribution in [1.82, 2.24) is 20.0 Å². The molecule has 0 bridgehead atoms. The molecular weight excluding hydrogens is 514 g/mol. The number of hydrogen-bond donors (Lipinski definition) is 0. The maximum Gasteiger partial charge on any atom is 0.254 e. The van der Waals surface area contributed by atoms with Crippen molar-refractivity contribution in [3.05, 3.63) is 108 Å².